The fourth-order valence-electron chi connectivity index (χ4n) is 4.65. The molecule has 3 heterocycles. The molecule has 37 heavy (non-hydrogen) atoms. The van der Waals surface area contributed by atoms with Gasteiger partial charge < -0.3 is 10.2 Å². The van der Waals surface area contributed by atoms with E-state index in [9.17, 15) is 32.3 Å². The molecule has 2 fully saturated rings. The smallest absolute Gasteiger partial charge is 0.341 e. The third-order valence-corrected chi connectivity index (χ3v) is 8.04. The highest BCUT2D eigenvalue weighted by atomic mass is 32.1. The number of ketones is 2. The fourth-order valence-corrected chi connectivity index (χ4v) is 5.57. The highest BCUT2D eigenvalue weighted by Gasteiger charge is 2.46. The Morgan fingerprint density at radius 1 is 1.22 bits per heavy atom. The number of nitrogens with one attached hydrogen (secondary N) is 1. The van der Waals surface area contributed by atoms with Crippen LogP contribution in [-0.2, 0) is 31.9 Å². The standard InChI is InChI=1S/C24H28F3N5O4S/c1-13-10-16(24(25,26)27)30-32(13)11-18(34)31-8-5-14(6-9-31)22-29-17(12-37-22)28-21(36)19-15(33)4-7-23(2,3)20(19)35/h10,12,14,19H,4-9,11H2,1-3H3,(H,28,36). The first-order valence-corrected chi connectivity index (χ1v) is 12.9. The quantitative estimate of drug-likeness (QED) is 0.581. The number of halogens is 3. The number of rotatable bonds is 5. The zero-order valence-corrected chi connectivity index (χ0v) is 21.5. The fraction of sp³-hybridized carbons (Fsp3) is 0.583. The molecule has 1 N–H and O–H groups in total. The molecule has 0 aromatic carbocycles. The number of carbonyl (C=O) groups is 4. The van der Waals surface area contributed by atoms with Gasteiger partial charge in [-0.2, -0.15) is 18.3 Å². The van der Waals surface area contributed by atoms with Crippen molar-refractivity contribution in [1.29, 1.82) is 0 Å². The Morgan fingerprint density at radius 2 is 1.89 bits per heavy atom. The molecule has 1 saturated carbocycles. The number of anilines is 1. The van der Waals surface area contributed by atoms with Crippen LogP contribution in [0, 0.1) is 18.3 Å². The lowest BCUT2D eigenvalue weighted by Gasteiger charge is -2.31. The van der Waals surface area contributed by atoms with Crippen LogP contribution in [0.3, 0.4) is 0 Å². The summed E-state index contributed by atoms with van der Waals surface area (Å²) in [7, 11) is 0. The van der Waals surface area contributed by atoms with Gasteiger partial charge in [0, 0.05) is 41.9 Å². The second kappa shape index (κ2) is 9.99. The monoisotopic (exact) mass is 539 g/mol. The SMILES string of the molecule is Cc1cc(C(F)(F)F)nn1CC(=O)N1CCC(c2nc(NC(=O)C3C(=O)CCC(C)(C)C3=O)cs2)CC1. The maximum atomic E-state index is 12.9. The van der Waals surface area contributed by atoms with Gasteiger partial charge in [0.15, 0.2) is 23.2 Å². The number of thiazole rings is 1. The number of amides is 2. The van der Waals surface area contributed by atoms with Crippen molar-refractivity contribution in [3.8, 4) is 0 Å². The Balaban J connectivity index is 1.32. The maximum absolute atomic E-state index is 12.9. The van der Waals surface area contributed by atoms with Crippen LogP contribution >= 0.6 is 11.3 Å². The van der Waals surface area contributed by atoms with Gasteiger partial charge in [-0.25, -0.2) is 4.98 Å². The van der Waals surface area contributed by atoms with Gasteiger partial charge in [-0.15, -0.1) is 11.3 Å². The third kappa shape index (κ3) is 5.76. The molecule has 0 spiro atoms. The summed E-state index contributed by atoms with van der Waals surface area (Å²) >= 11 is 1.35. The molecule has 2 aliphatic rings. The maximum Gasteiger partial charge on any atom is 0.435 e. The van der Waals surface area contributed by atoms with E-state index in [4.69, 9.17) is 0 Å². The molecule has 9 nitrogen and oxygen atoms in total. The van der Waals surface area contributed by atoms with Crippen molar-refractivity contribution in [1.82, 2.24) is 19.7 Å². The van der Waals surface area contributed by atoms with Crippen LogP contribution < -0.4 is 5.32 Å². The van der Waals surface area contributed by atoms with Gasteiger partial charge in [0.1, 0.15) is 12.4 Å². The first kappa shape index (κ1) is 27.0. The van der Waals surface area contributed by atoms with E-state index in [1.54, 1.807) is 24.1 Å². The summed E-state index contributed by atoms with van der Waals surface area (Å²) in [5.74, 6) is -2.74. The number of Topliss-reactive ketones (excluding diaryl/α,β-unsaturated/α-hetero) is 2. The molecule has 2 aromatic rings. The number of aromatic nitrogens is 3. The Kier molecular flexibility index (Phi) is 7.28. The molecule has 0 bridgehead atoms. The summed E-state index contributed by atoms with van der Waals surface area (Å²) < 4.78 is 39.7. The van der Waals surface area contributed by atoms with E-state index in [0.717, 1.165) is 15.8 Å². The predicted octanol–water partition coefficient (Wildman–Crippen LogP) is 3.59. The van der Waals surface area contributed by atoms with Crippen LogP contribution in [0.4, 0.5) is 19.0 Å². The summed E-state index contributed by atoms with van der Waals surface area (Å²) in [6, 6.07) is 0.916. The summed E-state index contributed by atoms with van der Waals surface area (Å²) in [6.07, 6.45) is -2.76. The van der Waals surface area contributed by atoms with Gasteiger partial charge in [-0.05, 0) is 32.3 Å². The molecule has 1 aliphatic carbocycles. The summed E-state index contributed by atoms with van der Waals surface area (Å²) in [5.41, 5.74) is -1.50. The van der Waals surface area contributed by atoms with Crippen LogP contribution in [0.1, 0.15) is 61.8 Å². The lowest BCUT2D eigenvalue weighted by molar-refractivity contribution is -0.147. The molecule has 1 saturated heterocycles. The molecule has 1 aliphatic heterocycles. The van der Waals surface area contributed by atoms with Crippen molar-refractivity contribution in [3.63, 3.8) is 0 Å². The van der Waals surface area contributed by atoms with Crippen LogP contribution in [0.25, 0.3) is 0 Å². The van der Waals surface area contributed by atoms with Crippen molar-refractivity contribution in [2.75, 3.05) is 18.4 Å². The van der Waals surface area contributed by atoms with E-state index in [1.807, 2.05) is 0 Å². The van der Waals surface area contributed by atoms with Crippen LogP contribution in [0.15, 0.2) is 11.4 Å². The van der Waals surface area contributed by atoms with Crippen LogP contribution in [-0.4, -0.2) is 56.1 Å². The minimum Gasteiger partial charge on any atom is -0.341 e. The lowest BCUT2D eigenvalue weighted by Crippen LogP contribution is -2.46. The van der Waals surface area contributed by atoms with Crippen molar-refractivity contribution in [2.24, 2.45) is 11.3 Å². The molecule has 200 valence electrons. The van der Waals surface area contributed by atoms with Crippen molar-refractivity contribution < 1.29 is 32.3 Å². The normalized spacial score (nSPS) is 20.8. The molecule has 2 aromatic heterocycles. The summed E-state index contributed by atoms with van der Waals surface area (Å²) in [5, 5.41) is 8.55. The Bertz CT molecular complexity index is 1230. The number of nitrogens with zero attached hydrogens (tertiary/aromatic N) is 4. The molecule has 4 rings (SSSR count). The average molecular weight is 540 g/mol. The van der Waals surface area contributed by atoms with E-state index < -0.39 is 29.1 Å². The topological polar surface area (TPSA) is 114 Å². The Morgan fingerprint density at radius 3 is 2.51 bits per heavy atom. The zero-order valence-electron chi connectivity index (χ0n) is 20.7. The largest absolute Gasteiger partial charge is 0.435 e. The summed E-state index contributed by atoms with van der Waals surface area (Å²) in [6.45, 7) is 5.50. The molecule has 0 radical (unpaired) electrons. The van der Waals surface area contributed by atoms with Gasteiger partial charge in [-0.3, -0.25) is 23.9 Å². The highest BCUT2D eigenvalue weighted by Crippen LogP contribution is 2.35. The van der Waals surface area contributed by atoms with E-state index >= 15 is 0 Å². The predicted molar refractivity (Wildman–Crippen MR) is 128 cm³/mol. The van der Waals surface area contributed by atoms with Gasteiger partial charge >= 0.3 is 6.18 Å². The number of carbonyl (C=O) groups excluding carboxylic acids is 4. The molecule has 1 unspecified atom stereocenters. The molecular formula is C24H28F3N5O4S. The highest BCUT2D eigenvalue weighted by molar-refractivity contribution is 7.10. The number of piperidine rings is 1. The van der Waals surface area contributed by atoms with Gasteiger partial charge in [0.2, 0.25) is 11.8 Å². The number of alkyl halides is 3. The summed E-state index contributed by atoms with van der Waals surface area (Å²) in [4.78, 5) is 56.3. The van der Waals surface area contributed by atoms with Crippen molar-refractivity contribution in [2.45, 2.75) is 65.1 Å². The second-order valence-electron chi connectivity index (χ2n) is 10.2. The van der Waals surface area contributed by atoms with Crippen LogP contribution in [0.2, 0.25) is 0 Å². The van der Waals surface area contributed by atoms with Gasteiger partial charge in [0.25, 0.3) is 0 Å². The third-order valence-electron chi connectivity index (χ3n) is 7.04. The lowest BCUT2D eigenvalue weighted by atomic mass is 9.70. The molecular weight excluding hydrogens is 511 g/mol. The zero-order chi connectivity index (χ0) is 27.1. The molecule has 1 atom stereocenters. The van der Waals surface area contributed by atoms with Crippen molar-refractivity contribution in [3.05, 3.63) is 27.8 Å². The van der Waals surface area contributed by atoms with Gasteiger partial charge in [0.05, 0.1) is 5.01 Å². The first-order chi connectivity index (χ1) is 17.3. The minimum atomic E-state index is -4.57. The second-order valence-corrected chi connectivity index (χ2v) is 11.1. The number of hydrogen-bond acceptors (Lipinski definition) is 7. The Labute approximate surface area is 215 Å². The Hall–Kier alpha value is -3.09. The van der Waals surface area contributed by atoms with Crippen LogP contribution in [0.5, 0.6) is 0 Å². The van der Waals surface area contributed by atoms with E-state index in [1.165, 1.54) is 18.3 Å². The number of likely N-dealkylation sites (tertiary alicyclic amines) is 1. The van der Waals surface area contributed by atoms with E-state index in [0.29, 0.717) is 32.4 Å². The molecule has 13 heteroatoms. The van der Waals surface area contributed by atoms with E-state index in [2.05, 4.69) is 15.4 Å². The van der Waals surface area contributed by atoms with Crippen molar-refractivity contribution >= 4 is 40.5 Å². The minimum absolute atomic E-state index is 0.0415. The van der Waals surface area contributed by atoms with E-state index in [-0.39, 0.29) is 47.9 Å². The average Bonchev–Trinajstić information content (AvgIpc) is 3.44. The molecule has 2 amide bonds. The first-order valence-electron chi connectivity index (χ1n) is 12.0. The van der Waals surface area contributed by atoms with Gasteiger partial charge in [-0.1, -0.05) is 13.8 Å². The number of hydrogen-bond donors (Lipinski definition) is 1. The number of aryl methyl sites for hydroxylation is 1.